The Morgan fingerprint density at radius 2 is 1.63 bits per heavy atom. The maximum atomic E-state index is 10.5. The predicted molar refractivity (Wildman–Crippen MR) is 83.9 cm³/mol. The first kappa shape index (κ1) is 14.6. The number of rotatable bonds is 2. The van der Waals surface area contributed by atoms with Crippen molar-refractivity contribution < 1.29 is 5.11 Å². The van der Waals surface area contributed by atoms with E-state index >= 15 is 0 Å². The molecule has 0 spiro atoms. The summed E-state index contributed by atoms with van der Waals surface area (Å²) in [5.74, 6) is 0. The lowest BCUT2D eigenvalue weighted by atomic mass is 9.94. The third-order valence-corrected chi connectivity index (χ3v) is 4.65. The second kappa shape index (κ2) is 5.66. The number of aliphatic hydroxyl groups excluding tert-OH is 1. The van der Waals surface area contributed by atoms with Gasteiger partial charge >= 0.3 is 0 Å². The van der Waals surface area contributed by atoms with E-state index in [1.54, 1.807) is 6.07 Å². The predicted octanol–water partition coefficient (Wildman–Crippen LogP) is 5.11. The Morgan fingerprint density at radius 1 is 1.00 bits per heavy atom. The Labute approximate surface area is 127 Å². The molecule has 0 radical (unpaired) electrons. The summed E-state index contributed by atoms with van der Waals surface area (Å²) in [5.41, 5.74) is 5.31. The van der Waals surface area contributed by atoms with Gasteiger partial charge in [0.05, 0.1) is 5.02 Å². The van der Waals surface area contributed by atoms with Gasteiger partial charge in [0, 0.05) is 4.47 Å². The van der Waals surface area contributed by atoms with Crippen molar-refractivity contribution in [2.24, 2.45) is 0 Å². The van der Waals surface area contributed by atoms with E-state index in [4.69, 9.17) is 11.6 Å². The highest BCUT2D eigenvalue weighted by Crippen LogP contribution is 2.31. The summed E-state index contributed by atoms with van der Waals surface area (Å²) in [6, 6.07) is 9.67. The van der Waals surface area contributed by atoms with E-state index in [2.05, 4.69) is 41.9 Å². The molecule has 2 aromatic rings. The van der Waals surface area contributed by atoms with Crippen LogP contribution in [0.1, 0.15) is 33.9 Å². The molecule has 1 unspecified atom stereocenters. The number of benzene rings is 2. The van der Waals surface area contributed by atoms with Crippen LogP contribution in [-0.2, 0) is 0 Å². The highest BCUT2D eigenvalue weighted by Gasteiger charge is 2.15. The van der Waals surface area contributed by atoms with Crippen molar-refractivity contribution in [3.63, 3.8) is 0 Å². The second-order valence-electron chi connectivity index (χ2n) is 4.87. The van der Waals surface area contributed by atoms with Gasteiger partial charge in [-0.2, -0.15) is 0 Å². The normalized spacial score (nSPS) is 12.5. The van der Waals surface area contributed by atoms with Crippen LogP contribution in [0.3, 0.4) is 0 Å². The van der Waals surface area contributed by atoms with Gasteiger partial charge in [0.15, 0.2) is 0 Å². The minimum absolute atomic E-state index is 0.632. The van der Waals surface area contributed by atoms with Crippen LogP contribution < -0.4 is 0 Å². The molecule has 1 atom stereocenters. The number of aryl methyl sites for hydroxylation is 3. The summed E-state index contributed by atoms with van der Waals surface area (Å²) in [7, 11) is 0. The number of aliphatic hydroxyl groups is 1. The van der Waals surface area contributed by atoms with Crippen molar-refractivity contribution in [2.45, 2.75) is 26.9 Å². The van der Waals surface area contributed by atoms with Gasteiger partial charge in [0.1, 0.15) is 6.10 Å². The lowest BCUT2D eigenvalue weighted by Gasteiger charge is -2.17. The molecule has 0 saturated carbocycles. The molecule has 2 rings (SSSR count). The van der Waals surface area contributed by atoms with Gasteiger partial charge in [-0.3, -0.25) is 0 Å². The molecule has 19 heavy (non-hydrogen) atoms. The number of hydrogen-bond donors (Lipinski definition) is 1. The van der Waals surface area contributed by atoms with Crippen LogP contribution in [-0.4, -0.2) is 5.11 Å². The third-order valence-electron chi connectivity index (χ3n) is 3.44. The monoisotopic (exact) mass is 338 g/mol. The van der Waals surface area contributed by atoms with E-state index in [-0.39, 0.29) is 0 Å². The van der Waals surface area contributed by atoms with Gasteiger partial charge in [-0.15, -0.1) is 0 Å². The quantitative estimate of drug-likeness (QED) is 0.806. The zero-order valence-corrected chi connectivity index (χ0v) is 13.5. The Morgan fingerprint density at radius 3 is 2.26 bits per heavy atom. The fraction of sp³-hybridized carbons (Fsp3) is 0.250. The zero-order valence-electron chi connectivity index (χ0n) is 11.2. The van der Waals surface area contributed by atoms with Crippen molar-refractivity contribution in [3.8, 4) is 0 Å². The summed E-state index contributed by atoms with van der Waals surface area (Å²) < 4.78 is 0.798. The van der Waals surface area contributed by atoms with Crippen LogP contribution >= 0.6 is 27.5 Å². The smallest absolute Gasteiger partial charge is 0.104 e. The molecule has 2 aromatic carbocycles. The van der Waals surface area contributed by atoms with E-state index in [0.717, 1.165) is 21.2 Å². The van der Waals surface area contributed by atoms with Crippen LogP contribution in [0.4, 0.5) is 0 Å². The highest BCUT2D eigenvalue weighted by atomic mass is 79.9. The van der Waals surface area contributed by atoms with Crippen LogP contribution in [0.25, 0.3) is 0 Å². The van der Waals surface area contributed by atoms with Crippen LogP contribution in [0.15, 0.2) is 34.8 Å². The van der Waals surface area contributed by atoms with Crippen molar-refractivity contribution in [1.29, 1.82) is 0 Å². The maximum absolute atomic E-state index is 10.5. The van der Waals surface area contributed by atoms with Crippen molar-refractivity contribution >= 4 is 27.5 Å². The molecule has 1 nitrogen and oxygen atoms in total. The minimum Gasteiger partial charge on any atom is -0.384 e. The molecule has 0 amide bonds. The van der Waals surface area contributed by atoms with E-state index in [0.29, 0.717) is 5.02 Å². The van der Waals surface area contributed by atoms with E-state index in [9.17, 15) is 5.11 Å². The Hall–Kier alpha value is -0.830. The standard InChI is InChI=1S/C16H16BrClO/c1-9-6-11(3)13(7-10(9)2)16(19)12-4-5-15(18)14(17)8-12/h4-8,16,19H,1-3H3. The van der Waals surface area contributed by atoms with E-state index in [1.807, 2.05) is 19.1 Å². The second-order valence-corrected chi connectivity index (χ2v) is 6.13. The van der Waals surface area contributed by atoms with Crippen LogP contribution in [0.2, 0.25) is 5.02 Å². The van der Waals surface area contributed by atoms with Crippen LogP contribution in [0, 0.1) is 20.8 Å². The van der Waals surface area contributed by atoms with Gasteiger partial charge in [0.25, 0.3) is 0 Å². The molecule has 0 aliphatic rings. The molecule has 0 heterocycles. The first-order valence-electron chi connectivity index (χ1n) is 6.11. The molecule has 1 N–H and O–H groups in total. The Balaban J connectivity index is 2.46. The van der Waals surface area contributed by atoms with Crippen molar-refractivity contribution in [1.82, 2.24) is 0 Å². The molecule has 0 fully saturated rings. The number of halogens is 2. The first-order chi connectivity index (χ1) is 8.90. The fourth-order valence-corrected chi connectivity index (χ4v) is 2.65. The molecule has 100 valence electrons. The zero-order chi connectivity index (χ0) is 14.2. The van der Waals surface area contributed by atoms with Gasteiger partial charge < -0.3 is 5.11 Å². The summed E-state index contributed by atoms with van der Waals surface area (Å²) in [6.45, 7) is 6.16. The lowest BCUT2D eigenvalue weighted by Crippen LogP contribution is -2.03. The molecule has 0 saturated heterocycles. The van der Waals surface area contributed by atoms with Crippen molar-refractivity contribution in [2.75, 3.05) is 0 Å². The minimum atomic E-state index is -0.632. The molecule has 0 aromatic heterocycles. The average molecular weight is 340 g/mol. The summed E-state index contributed by atoms with van der Waals surface area (Å²) in [4.78, 5) is 0. The molecule has 0 aliphatic carbocycles. The van der Waals surface area contributed by atoms with E-state index < -0.39 is 6.10 Å². The number of hydrogen-bond acceptors (Lipinski definition) is 1. The van der Waals surface area contributed by atoms with Crippen molar-refractivity contribution in [3.05, 3.63) is 67.6 Å². The largest absolute Gasteiger partial charge is 0.384 e. The summed E-state index contributed by atoms with van der Waals surface area (Å²) >= 11 is 9.37. The fourth-order valence-electron chi connectivity index (χ4n) is 2.14. The average Bonchev–Trinajstić information content (AvgIpc) is 2.36. The van der Waals surface area contributed by atoms with E-state index in [1.165, 1.54) is 11.1 Å². The lowest BCUT2D eigenvalue weighted by molar-refractivity contribution is 0.219. The molecule has 3 heteroatoms. The van der Waals surface area contributed by atoms with Gasteiger partial charge in [-0.25, -0.2) is 0 Å². The van der Waals surface area contributed by atoms with Gasteiger partial charge in [-0.1, -0.05) is 29.8 Å². The maximum Gasteiger partial charge on any atom is 0.104 e. The highest BCUT2D eigenvalue weighted by molar-refractivity contribution is 9.10. The summed E-state index contributed by atoms with van der Waals surface area (Å²) in [5, 5.41) is 11.2. The molecule has 0 aliphatic heterocycles. The Kier molecular flexibility index (Phi) is 4.34. The molecular weight excluding hydrogens is 324 g/mol. The summed E-state index contributed by atoms with van der Waals surface area (Å²) in [6.07, 6.45) is -0.632. The molecular formula is C16H16BrClO. The topological polar surface area (TPSA) is 20.2 Å². The van der Waals surface area contributed by atoms with Gasteiger partial charge in [0.2, 0.25) is 0 Å². The Bertz CT molecular complexity index is 622. The third kappa shape index (κ3) is 3.02. The SMILES string of the molecule is Cc1cc(C)c(C(O)c2ccc(Cl)c(Br)c2)cc1C. The molecule has 0 bridgehead atoms. The van der Waals surface area contributed by atoms with Gasteiger partial charge in [-0.05, 0) is 76.7 Å². The van der Waals surface area contributed by atoms with Crippen LogP contribution in [0.5, 0.6) is 0 Å². The first-order valence-corrected chi connectivity index (χ1v) is 7.28.